The maximum Gasteiger partial charge on any atom is 0.266 e. The van der Waals surface area contributed by atoms with Crippen LogP contribution in [0.25, 0.3) is 0 Å². The van der Waals surface area contributed by atoms with Gasteiger partial charge in [0.15, 0.2) is 0 Å². The molecule has 3 rings (SSSR count). The Morgan fingerprint density at radius 3 is 2.54 bits per heavy atom. The molecule has 9 heteroatoms. The summed E-state index contributed by atoms with van der Waals surface area (Å²) < 4.78 is 34.7. The fourth-order valence-electron chi connectivity index (χ4n) is 3.29. The van der Waals surface area contributed by atoms with Gasteiger partial charge in [0.05, 0.1) is 23.3 Å². The molecule has 0 spiro atoms. The molecule has 1 saturated heterocycles. The third-order valence-electron chi connectivity index (χ3n) is 4.54. The quantitative estimate of drug-likeness (QED) is 0.828. The lowest BCUT2D eigenvalue weighted by Gasteiger charge is -2.28. The Hall–Kier alpha value is -2.13. The molecule has 8 nitrogen and oxygen atoms in total. The molecule has 1 N–H and O–H groups in total. The van der Waals surface area contributed by atoms with Crippen LogP contribution < -0.4 is 9.62 Å². The second-order valence-corrected chi connectivity index (χ2v) is 8.09. The zero-order valence-corrected chi connectivity index (χ0v) is 16.2. The van der Waals surface area contributed by atoms with E-state index >= 15 is 0 Å². The minimum Gasteiger partial charge on any atom is -0.370 e. The van der Waals surface area contributed by atoms with Crippen LogP contribution in [0.4, 0.5) is 11.5 Å². The minimum absolute atomic E-state index is 0.163. The highest BCUT2D eigenvalue weighted by molar-refractivity contribution is 7.92. The van der Waals surface area contributed by atoms with Gasteiger partial charge in [0, 0.05) is 20.2 Å². The molecule has 1 fully saturated rings. The number of sulfonamides is 1. The van der Waals surface area contributed by atoms with E-state index in [2.05, 4.69) is 19.7 Å². The van der Waals surface area contributed by atoms with Gasteiger partial charge in [-0.3, -0.25) is 4.72 Å². The molecule has 0 atom stereocenters. The highest BCUT2D eigenvalue weighted by Gasteiger charge is 2.25. The average Bonchev–Trinajstić information content (AvgIpc) is 2.91. The Bertz CT molecular complexity index is 855. The van der Waals surface area contributed by atoms with Crippen LogP contribution in [0.15, 0.2) is 23.2 Å². The molecule has 142 valence electrons. The van der Waals surface area contributed by atoms with Gasteiger partial charge >= 0.3 is 0 Å². The van der Waals surface area contributed by atoms with Crippen molar-refractivity contribution in [1.82, 2.24) is 14.8 Å². The molecule has 2 aromatic heterocycles. The molecule has 0 aliphatic carbocycles. The summed E-state index contributed by atoms with van der Waals surface area (Å²) in [6.07, 6.45) is 5.34. The first-order valence-electron chi connectivity index (χ1n) is 8.69. The number of ether oxygens (including phenoxy) is 1. The van der Waals surface area contributed by atoms with Gasteiger partial charge in [-0.15, -0.1) is 0 Å². The maximum absolute atomic E-state index is 12.8. The van der Waals surface area contributed by atoms with Crippen molar-refractivity contribution in [3.05, 3.63) is 29.7 Å². The van der Waals surface area contributed by atoms with Crippen molar-refractivity contribution in [2.75, 3.05) is 29.8 Å². The second kappa shape index (κ2) is 7.63. The first-order chi connectivity index (χ1) is 12.4. The Balaban J connectivity index is 1.79. The molecule has 0 radical (unpaired) electrons. The summed E-state index contributed by atoms with van der Waals surface area (Å²) in [6, 6.07) is 3.61. The monoisotopic (exact) mass is 379 g/mol. The lowest BCUT2D eigenvalue weighted by atomic mass is 10.1. The highest BCUT2D eigenvalue weighted by atomic mass is 32.2. The fraction of sp³-hybridized carbons (Fsp3) is 0.529. The number of aryl methyl sites for hydroxylation is 1. The normalized spacial score (nSPS) is 15.3. The largest absolute Gasteiger partial charge is 0.370 e. The number of nitrogens with one attached hydrogen (secondary N) is 1. The van der Waals surface area contributed by atoms with Crippen LogP contribution in [0.2, 0.25) is 0 Å². The van der Waals surface area contributed by atoms with Crippen LogP contribution in [0, 0.1) is 13.8 Å². The Morgan fingerprint density at radius 1 is 1.19 bits per heavy atom. The summed E-state index contributed by atoms with van der Waals surface area (Å²) in [5.41, 5.74) is 1.98. The van der Waals surface area contributed by atoms with Crippen LogP contribution in [0.5, 0.6) is 0 Å². The molecule has 1 aliphatic heterocycles. The molecule has 0 unspecified atom stereocenters. The Kier molecular flexibility index (Phi) is 5.47. The number of anilines is 2. The van der Waals surface area contributed by atoms with E-state index in [0.717, 1.165) is 18.8 Å². The number of methoxy groups -OCH3 is 1. The summed E-state index contributed by atoms with van der Waals surface area (Å²) in [4.78, 5) is 6.72. The SMILES string of the molecule is COCn1nc(C)c(S(=O)(=O)Nc2ccc(N3CCCCC3)cn2)c1C. The molecule has 0 bridgehead atoms. The van der Waals surface area contributed by atoms with Gasteiger partial charge in [-0.05, 0) is 45.2 Å². The number of nitrogens with zero attached hydrogens (tertiary/aromatic N) is 4. The number of pyridine rings is 1. The van der Waals surface area contributed by atoms with Crippen LogP contribution in [0.1, 0.15) is 30.7 Å². The van der Waals surface area contributed by atoms with Crippen molar-refractivity contribution < 1.29 is 13.2 Å². The van der Waals surface area contributed by atoms with Gasteiger partial charge in [-0.2, -0.15) is 5.10 Å². The third kappa shape index (κ3) is 3.83. The zero-order chi connectivity index (χ0) is 18.7. The molecule has 0 amide bonds. The average molecular weight is 379 g/mol. The standard InChI is InChI=1S/C17H25N5O3S/c1-13-17(14(2)22(19-13)12-25-3)26(23,24)20-16-8-7-15(11-18-16)21-9-5-4-6-10-21/h7-8,11H,4-6,9-10,12H2,1-3H3,(H,18,20). The predicted molar refractivity (Wildman–Crippen MR) is 99.8 cm³/mol. The maximum atomic E-state index is 12.8. The highest BCUT2D eigenvalue weighted by Crippen LogP contribution is 2.24. The van der Waals surface area contributed by atoms with E-state index in [1.807, 2.05) is 6.07 Å². The summed E-state index contributed by atoms with van der Waals surface area (Å²) >= 11 is 0. The van der Waals surface area contributed by atoms with Gasteiger partial charge in [-0.25, -0.2) is 18.1 Å². The molecule has 2 aromatic rings. The molecule has 1 aliphatic rings. The number of hydrogen-bond acceptors (Lipinski definition) is 6. The topological polar surface area (TPSA) is 89.3 Å². The molecule has 26 heavy (non-hydrogen) atoms. The lowest BCUT2D eigenvalue weighted by Crippen LogP contribution is -2.29. The number of hydrogen-bond donors (Lipinski definition) is 1. The van der Waals surface area contributed by atoms with Crippen molar-refractivity contribution >= 4 is 21.5 Å². The summed E-state index contributed by atoms with van der Waals surface area (Å²) in [5, 5.41) is 4.23. The number of piperidine rings is 1. The van der Waals surface area contributed by atoms with Crippen molar-refractivity contribution in [1.29, 1.82) is 0 Å². The number of rotatable bonds is 6. The first kappa shape index (κ1) is 18.7. The van der Waals surface area contributed by atoms with Crippen LogP contribution >= 0.6 is 0 Å². The minimum atomic E-state index is -3.77. The van der Waals surface area contributed by atoms with Gasteiger partial charge in [-0.1, -0.05) is 0 Å². The van der Waals surface area contributed by atoms with E-state index in [0.29, 0.717) is 17.2 Å². The molecule has 0 saturated carbocycles. The van der Waals surface area contributed by atoms with Gasteiger partial charge < -0.3 is 9.64 Å². The fourth-order valence-corrected chi connectivity index (χ4v) is 4.71. The smallest absolute Gasteiger partial charge is 0.266 e. The lowest BCUT2D eigenvalue weighted by molar-refractivity contribution is 0.118. The first-order valence-corrected chi connectivity index (χ1v) is 10.2. The Labute approximate surface area is 154 Å². The molecular weight excluding hydrogens is 354 g/mol. The predicted octanol–water partition coefficient (Wildman–Crippen LogP) is 2.29. The number of aromatic nitrogens is 3. The van der Waals surface area contributed by atoms with Crippen LogP contribution in [-0.4, -0.2) is 43.4 Å². The Morgan fingerprint density at radius 2 is 1.92 bits per heavy atom. The van der Waals surface area contributed by atoms with E-state index in [4.69, 9.17) is 4.74 Å². The van der Waals surface area contributed by atoms with E-state index in [1.54, 1.807) is 26.1 Å². The van der Waals surface area contributed by atoms with Crippen LogP contribution in [-0.2, 0) is 21.5 Å². The van der Waals surface area contributed by atoms with E-state index in [1.165, 1.54) is 31.1 Å². The summed E-state index contributed by atoms with van der Waals surface area (Å²) in [7, 11) is -2.24. The summed E-state index contributed by atoms with van der Waals surface area (Å²) in [5.74, 6) is 0.295. The molecule has 3 heterocycles. The van der Waals surface area contributed by atoms with Crippen molar-refractivity contribution in [2.45, 2.75) is 44.7 Å². The summed E-state index contributed by atoms with van der Waals surface area (Å²) in [6.45, 7) is 5.61. The van der Waals surface area contributed by atoms with Crippen molar-refractivity contribution in [3.63, 3.8) is 0 Å². The third-order valence-corrected chi connectivity index (χ3v) is 6.15. The second-order valence-electron chi connectivity index (χ2n) is 6.47. The van der Waals surface area contributed by atoms with Crippen molar-refractivity contribution in [3.8, 4) is 0 Å². The molecular formula is C17H25N5O3S. The van der Waals surface area contributed by atoms with Crippen molar-refractivity contribution in [2.24, 2.45) is 0 Å². The van der Waals surface area contributed by atoms with Gasteiger partial charge in [0.25, 0.3) is 10.0 Å². The molecule has 0 aromatic carbocycles. The van der Waals surface area contributed by atoms with E-state index in [-0.39, 0.29) is 11.6 Å². The van der Waals surface area contributed by atoms with Gasteiger partial charge in [0.1, 0.15) is 17.4 Å². The van der Waals surface area contributed by atoms with Crippen LogP contribution in [0.3, 0.4) is 0 Å². The van der Waals surface area contributed by atoms with Gasteiger partial charge in [0.2, 0.25) is 0 Å². The van der Waals surface area contributed by atoms with E-state index in [9.17, 15) is 8.42 Å². The zero-order valence-electron chi connectivity index (χ0n) is 15.4. The van der Waals surface area contributed by atoms with E-state index < -0.39 is 10.0 Å².